The predicted molar refractivity (Wildman–Crippen MR) is 112 cm³/mol. The topological polar surface area (TPSA) is 74.8 Å². The number of aromatic nitrogens is 1. The number of piperazine rings is 1. The first-order chi connectivity index (χ1) is 13.4. The molecule has 1 N–H and O–H groups in total. The summed E-state index contributed by atoms with van der Waals surface area (Å²) in [6.07, 6.45) is 2.63. The van der Waals surface area contributed by atoms with Crippen molar-refractivity contribution in [3.8, 4) is 5.88 Å². The highest BCUT2D eigenvalue weighted by Crippen LogP contribution is 2.30. The molecule has 1 fully saturated rings. The molecule has 0 radical (unpaired) electrons. The van der Waals surface area contributed by atoms with Gasteiger partial charge in [-0.25, -0.2) is 13.4 Å². The summed E-state index contributed by atoms with van der Waals surface area (Å²) in [5.74, 6) is 0.502. The summed E-state index contributed by atoms with van der Waals surface area (Å²) in [4.78, 5) is 9.18. The number of anilines is 2. The van der Waals surface area contributed by atoms with Crippen LogP contribution in [-0.4, -0.2) is 58.1 Å². The van der Waals surface area contributed by atoms with Crippen LogP contribution < -0.4 is 14.4 Å². The van der Waals surface area contributed by atoms with E-state index < -0.39 is 10.0 Å². The van der Waals surface area contributed by atoms with E-state index in [2.05, 4.69) is 26.4 Å². The number of aryl methyl sites for hydroxylation is 1. The lowest BCUT2D eigenvalue weighted by Crippen LogP contribution is -2.46. The summed E-state index contributed by atoms with van der Waals surface area (Å²) in [5.41, 5.74) is 2.12. The van der Waals surface area contributed by atoms with Crippen molar-refractivity contribution in [2.75, 3.05) is 49.5 Å². The van der Waals surface area contributed by atoms with Gasteiger partial charge < -0.3 is 9.64 Å². The van der Waals surface area contributed by atoms with Crippen LogP contribution in [0.4, 0.5) is 11.4 Å². The minimum atomic E-state index is -3.68. The highest BCUT2D eigenvalue weighted by Gasteiger charge is 2.22. The highest BCUT2D eigenvalue weighted by molar-refractivity contribution is 7.92. The first-order valence-electron chi connectivity index (χ1n) is 9.54. The number of nitrogens with one attached hydrogen (secondary N) is 1. The van der Waals surface area contributed by atoms with Crippen LogP contribution in [0.2, 0.25) is 0 Å². The van der Waals surface area contributed by atoms with Gasteiger partial charge in [-0.05, 0) is 43.7 Å². The summed E-state index contributed by atoms with van der Waals surface area (Å²) < 4.78 is 33.5. The second-order valence-electron chi connectivity index (χ2n) is 7.00. The van der Waals surface area contributed by atoms with Crippen LogP contribution in [0.5, 0.6) is 5.88 Å². The monoisotopic (exact) mass is 404 g/mol. The molecule has 7 nitrogen and oxygen atoms in total. The van der Waals surface area contributed by atoms with E-state index in [1.165, 1.54) is 6.20 Å². The van der Waals surface area contributed by atoms with Crippen molar-refractivity contribution >= 4 is 21.4 Å². The van der Waals surface area contributed by atoms with Crippen molar-refractivity contribution in [1.82, 2.24) is 9.88 Å². The predicted octanol–water partition coefficient (Wildman–Crippen LogP) is 2.73. The minimum Gasteiger partial charge on any atom is -0.480 e. The molecule has 2 heterocycles. The first-order valence-corrected chi connectivity index (χ1v) is 11.0. The van der Waals surface area contributed by atoms with Gasteiger partial charge in [0.15, 0.2) is 0 Å². The number of methoxy groups -OCH3 is 1. The largest absolute Gasteiger partial charge is 0.480 e. The molecule has 1 aliphatic rings. The molecule has 0 spiro atoms. The Kier molecular flexibility index (Phi) is 6.41. The van der Waals surface area contributed by atoms with Gasteiger partial charge in [0.2, 0.25) is 5.88 Å². The molecule has 0 bridgehead atoms. The maximum absolute atomic E-state index is 12.7. The van der Waals surface area contributed by atoms with Crippen molar-refractivity contribution in [3.63, 3.8) is 0 Å². The molecular formula is C20H28N4O3S. The number of nitrogens with zero attached hydrogens (tertiary/aromatic N) is 3. The number of ether oxygens (including phenoxy) is 1. The molecule has 0 atom stereocenters. The summed E-state index contributed by atoms with van der Waals surface area (Å²) in [7, 11) is -2.10. The van der Waals surface area contributed by atoms with Crippen molar-refractivity contribution in [1.29, 1.82) is 0 Å². The Balaban J connectivity index is 1.81. The van der Waals surface area contributed by atoms with E-state index in [0.29, 0.717) is 11.6 Å². The molecule has 1 aromatic heterocycles. The van der Waals surface area contributed by atoms with E-state index in [-0.39, 0.29) is 4.90 Å². The van der Waals surface area contributed by atoms with Gasteiger partial charge in [-0.3, -0.25) is 9.62 Å². The fraction of sp³-hybridized carbons (Fsp3) is 0.450. The second kappa shape index (κ2) is 8.79. The van der Waals surface area contributed by atoms with E-state index >= 15 is 0 Å². The van der Waals surface area contributed by atoms with Crippen molar-refractivity contribution in [2.45, 2.75) is 25.2 Å². The van der Waals surface area contributed by atoms with E-state index in [1.54, 1.807) is 31.4 Å². The van der Waals surface area contributed by atoms with Crippen LogP contribution in [0.3, 0.4) is 0 Å². The van der Waals surface area contributed by atoms with Crippen LogP contribution in [0.15, 0.2) is 41.4 Å². The number of hydrogen-bond acceptors (Lipinski definition) is 6. The molecule has 1 saturated heterocycles. The van der Waals surface area contributed by atoms with Gasteiger partial charge >= 0.3 is 0 Å². The average Bonchev–Trinajstić information content (AvgIpc) is 2.68. The lowest BCUT2D eigenvalue weighted by molar-refractivity contribution is 0.257. The third-order valence-corrected chi connectivity index (χ3v) is 6.21. The van der Waals surface area contributed by atoms with Crippen LogP contribution in [0.25, 0.3) is 0 Å². The van der Waals surface area contributed by atoms with Gasteiger partial charge in [0, 0.05) is 26.2 Å². The van der Waals surface area contributed by atoms with Gasteiger partial charge in [-0.1, -0.05) is 19.1 Å². The van der Waals surface area contributed by atoms with Gasteiger partial charge in [0.25, 0.3) is 10.0 Å². The molecule has 8 heteroatoms. The summed E-state index contributed by atoms with van der Waals surface area (Å²) >= 11 is 0. The fourth-order valence-corrected chi connectivity index (χ4v) is 4.54. The Hall–Kier alpha value is -2.32. The fourth-order valence-electron chi connectivity index (χ4n) is 3.41. The number of benzene rings is 1. The maximum atomic E-state index is 12.7. The zero-order chi connectivity index (χ0) is 20.1. The average molecular weight is 405 g/mol. The van der Waals surface area contributed by atoms with Gasteiger partial charge in [0.05, 0.1) is 23.9 Å². The number of pyridine rings is 1. The van der Waals surface area contributed by atoms with Crippen LogP contribution in [-0.2, 0) is 10.0 Å². The minimum absolute atomic E-state index is 0.234. The Morgan fingerprint density at radius 3 is 2.57 bits per heavy atom. The summed E-state index contributed by atoms with van der Waals surface area (Å²) in [6.45, 7) is 8.79. The van der Waals surface area contributed by atoms with Gasteiger partial charge in [-0.2, -0.15) is 0 Å². The summed E-state index contributed by atoms with van der Waals surface area (Å²) in [5, 5.41) is 0. The van der Waals surface area contributed by atoms with E-state index in [0.717, 1.165) is 50.4 Å². The normalized spacial score (nSPS) is 15.5. The first kappa shape index (κ1) is 20.4. The van der Waals surface area contributed by atoms with E-state index in [4.69, 9.17) is 4.74 Å². The van der Waals surface area contributed by atoms with Crippen molar-refractivity contribution < 1.29 is 13.2 Å². The Morgan fingerprint density at radius 1 is 1.18 bits per heavy atom. The SMILES string of the molecule is CCCN1CCN(c2cc(NS(=O)(=O)c3cccc(C)c3)cnc2OC)CC1. The highest BCUT2D eigenvalue weighted by atomic mass is 32.2. The molecule has 2 aromatic rings. The third kappa shape index (κ3) is 4.74. The zero-order valence-corrected chi connectivity index (χ0v) is 17.5. The third-order valence-electron chi connectivity index (χ3n) is 4.83. The summed E-state index contributed by atoms with van der Waals surface area (Å²) in [6, 6.07) is 8.63. The van der Waals surface area contributed by atoms with Crippen LogP contribution in [0, 0.1) is 6.92 Å². The molecule has 0 unspecified atom stereocenters. The van der Waals surface area contributed by atoms with E-state index in [9.17, 15) is 8.42 Å². The lowest BCUT2D eigenvalue weighted by atomic mass is 10.2. The Labute approximate surface area is 167 Å². The van der Waals surface area contributed by atoms with E-state index in [1.807, 2.05) is 13.0 Å². The molecular weight excluding hydrogens is 376 g/mol. The molecule has 1 aromatic carbocycles. The van der Waals surface area contributed by atoms with Crippen LogP contribution >= 0.6 is 0 Å². The van der Waals surface area contributed by atoms with Crippen molar-refractivity contribution in [3.05, 3.63) is 42.1 Å². The number of rotatable bonds is 7. The zero-order valence-electron chi connectivity index (χ0n) is 16.7. The quantitative estimate of drug-likeness (QED) is 0.765. The maximum Gasteiger partial charge on any atom is 0.261 e. The molecule has 0 saturated carbocycles. The molecule has 28 heavy (non-hydrogen) atoms. The molecule has 152 valence electrons. The Morgan fingerprint density at radius 2 is 1.93 bits per heavy atom. The Bertz CT molecular complexity index is 909. The smallest absolute Gasteiger partial charge is 0.261 e. The standard InChI is InChI=1S/C20H28N4O3S/c1-4-8-23-9-11-24(12-10-23)19-14-17(15-21-20(19)27-3)22-28(25,26)18-7-5-6-16(2)13-18/h5-7,13-15,22H,4,8-12H2,1-3H3. The number of sulfonamides is 1. The molecule has 0 aliphatic carbocycles. The van der Waals surface area contributed by atoms with Crippen LogP contribution in [0.1, 0.15) is 18.9 Å². The lowest BCUT2D eigenvalue weighted by Gasteiger charge is -2.36. The van der Waals surface area contributed by atoms with Gasteiger partial charge in [-0.15, -0.1) is 0 Å². The molecule has 0 amide bonds. The second-order valence-corrected chi connectivity index (χ2v) is 8.69. The molecule has 1 aliphatic heterocycles. The van der Waals surface area contributed by atoms with Crippen molar-refractivity contribution in [2.24, 2.45) is 0 Å². The number of hydrogen-bond donors (Lipinski definition) is 1. The van der Waals surface area contributed by atoms with Gasteiger partial charge in [0.1, 0.15) is 5.69 Å². The molecule has 3 rings (SSSR count).